The summed E-state index contributed by atoms with van der Waals surface area (Å²) < 4.78 is 27.8. The van der Waals surface area contributed by atoms with Crippen LogP contribution in [0.1, 0.15) is 34.3 Å². The van der Waals surface area contributed by atoms with Crippen LogP contribution >= 0.6 is 0 Å². The third-order valence-electron chi connectivity index (χ3n) is 6.68. The SMILES string of the molecule is O=C1CCC(N2Cc3cc(CNc4ccc(N5CCNCC(F)(F)C5)cc4)ccc3C2=O)C(=O)N1. The number of imide groups is 1. The van der Waals surface area contributed by atoms with Crippen molar-refractivity contribution in [2.45, 2.75) is 37.9 Å². The van der Waals surface area contributed by atoms with Crippen molar-refractivity contribution < 1.29 is 23.2 Å². The van der Waals surface area contributed by atoms with Gasteiger partial charge in [0, 0.05) is 49.5 Å². The van der Waals surface area contributed by atoms with Gasteiger partial charge >= 0.3 is 0 Å². The average molecular weight is 484 g/mol. The third-order valence-corrected chi connectivity index (χ3v) is 6.68. The molecule has 35 heavy (non-hydrogen) atoms. The van der Waals surface area contributed by atoms with Gasteiger partial charge in [0.25, 0.3) is 11.8 Å². The Kier molecular flexibility index (Phi) is 6.14. The number of rotatable bonds is 5. The number of anilines is 2. The Morgan fingerprint density at radius 2 is 1.89 bits per heavy atom. The number of nitrogens with one attached hydrogen (secondary N) is 3. The van der Waals surface area contributed by atoms with Gasteiger partial charge in [-0.05, 0) is 47.9 Å². The van der Waals surface area contributed by atoms with Crippen molar-refractivity contribution in [1.82, 2.24) is 15.5 Å². The summed E-state index contributed by atoms with van der Waals surface area (Å²) in [5, 5.41) is 8.41. The Morgan fingerprint density at radius 1 is 1.09 bits per heavy atom. The van der Waals surface area contributed by atoms with Gasteiger partial charge in [0.15, 0.2) is 0 Å². The molecule has 2 fully saturated rings. The lowest BCUT2D eigenvalue weighted by molar-refractivity contribution is -0.136. The fraction of sp³-hybridized carbons (Fsp3) is 0.400. The largest absolute Gasteiger partial charge is 0.381 e. The quantitative estimate of drug-likeness (QED) is 0.564. The van der Waals surface area contributed by atoms with Crippen molar-refractivity contribution >= 4 is 29.1 Å². The van der Waals surface area contributed by atoms with Crippen LogP contribution in [0.4, 0.5) is 20.2 Å². The molecule has 0 radical (unpaired) electrons. The van der Waals surface area contributed by atoms with Crippen LogP contribution in [0.15, 0.2) is 42.5 Å². The number of benzene rings is 2. The summed E-state index contributed by atoms with van der Waals surface area (Å²) in [5.74, 6) is -3.69. The fourth-order valence-corrected chi connectivity index (χ4v) is 4.85. The molecule has 8 nitrogen and oxygen atoms in total. The lowest BCUT2D eigenvalue weighted by atomic mass is 10.0. The van der Waals surface area contributed by atoms with Gasteiger partial charge in [-0.25, -0.2) is 8.78 Å². The Morgan fingerprint density at radius 3 is 2.66 bits per heavy atom. The molecule has 0 spiro atoms. The van der Waals surface area contributed by atoms with E-state index < -0.39 is 17.9 Å². The second kappa shape index (κ2) is 9.26. The molecule has 0 aromatic heterocycles. The monoisotopic (exact) mass is 483 g/mol. The summed E-state index contributed by atoms with van der Waals surface area (Å²) in [7, 11) is 0. The van der Waals surface area contributed by atoms with Crippen molar-refractivity contribution in [3.63, 3.8) is 0 Å². The van der Waals surface area contributed by atoms with E-state index in [2.05, 4.69) is 16.0 Å². The molecule has 2 aromatic carbocycles. The molecule has 3 amide bonds. The molecule has 3 aliphatic heterocycles. The van der Waals surface area contributed by atoms with E-state index in [9.17, 15) is 23.2 Å². The van der Waals surface area contributed by atoms with Crippen molar-refractivity contribution in [2.24, 2.45) is 0 Å². The van der Waals surface area contributed by atoms with Crippen LogP contribution in [-0.2, 0) is 22.7 Å². The van der Waals surface area contributed by atoms with Crippen LogP contribution in [0.5, 0.6) is 0 Å². The highest BCUT2D eigenvalue weighted by molar-refractivity contribution is 6.05. The maximum atomic E-state index is 13.9. The molecular formula is C25H27F2N5O3. The molecule has 5 rings (SSSR count). The van der Waals surface area contributed by atoms with E-state index in [-0.39, 0.29) is 31.3 Å². The summed E-state index contributed by atoms with van der Waals surface area (Å²) in [6.07, 6.45) is 0.557. The van der Waals surface area contributed by atoms with Gasteiger partial charge in [0.2, 0.25) is 11.8 Å². The number of alkyl halides is 2. The van der Waals surface area contributed by atoms with Gasteiger partial charge in [-0.2, -0.15) is 0 Å². The zero-order valence-electron chi connectivity index (χ0n) is 19.2. The first-order valence-electron chi connectivity index (χ1n) is 11.7. The highest BCUT2D eigenvalue weighted by atomic mass is 19.3. The van der Waals surface area contributed by atoms with Crippen LogP contribution in [0, 0.1) is 0 Å². The van der Waals surface area contributed by atoms with E-state index in [4.69, 9.17) is 0 Å². The van der Waals surface area contributed by atoms with E-state index in [0.717, 1.165) is 22.5 Å². The molecule has 3 heterocycles. The first-order chi connectivity index (χ1) is 16.8. The Labute approximate surface area is 201 Å². The highest BCUT2D eigenvalue weighted by Gasteiger charge is 2.39. The summed E-state index contributed by atoms with van der Waals surface area (Å²) in [5.41, 5.74) is 4.01. The topological polar surface area (TPSA) is 93.8 Å². The predicted octanol–water partition coefficient (Wildman–Crippen LogP) is 2.10. The zero-order valence-corrected chi connectivity index (χ0v) is 19.2. The van der Waals surface area contributed by atoms with E-state index in [1.165, 1.54) is 4.90 Å². The molecule has 3 N–H and O–H groups in total. The van der Waals surface area contributed by atoms with E-state index in [1.807, 2.05) is 36.4 Å². The molecule has 184 valence electrons. The number of halogens is 2. The Hall–Kier alpha value is -3.53. The first kappa shape index (κ1) is 23.2. The Bertz CT molecular complexity index is 1150. The molecule has 2 saturated heterocycles. The zero-order chi connectivity index (χ0) is 24.6. The van der Waals surface area contributed by atoms with Gasteiger partial charge in [-0.3, -0.25) is 19.7 Å². The van der Waals surface area contributed by atoms with Crippen LogP contribution in [0.25, 0.3) is 0 Å². The number of amides is 3. The van der Waals surface area contributed by atoms with Crippen molar-refractivity contribution in [2.75, 3.05) is 36.4 Å². The summed E-state index contributed by atoms with van der Waals surface area (Å²) in [6, 6.07) is 12.4. The second-order valence-corrected chi connectivity index (χ2v) is 9.25. The number of carbonyl (C=O) groups excluding carboxylic acids is 3. The third kappa shape index (κ3) is 4.97. The molecule has 10 heteroatoms. The summed E-state index contributed by atoms with van der Waals surface area (Å²) in [4.78, 5) is 39.7. The molecule has 3 aliphatic rings. The van der Waals surface area contributed by atoms with Crippen molar-refractivity contribution in [1.29, 1.82) is 0 Å². The molecule has 0 bridgehead atoms. The second-order valence-electron chi connectivity index (χ2n) is 9.25. The maximum absolute atomic E-state index is 13.9. The minimum atomic E-state index is -2.77. The smallest absolute Gasteiger partial charge is 0.277 e. The van der Waals surface area contributed by atoms with E-state index in [1.54, 1.807) is 11.0 Å². The van der Waals surface area contributed by atoms with Gasteiger partial charge in [-0.1, -0.05) is 12.1 Å². The fourth-order valence-electron chi connectivity index (χ4n) is 4.85. The standard InChI is InChI=1S/C25H27F2N5O3/c26-25(27)14-28-9-10-31(15-25)19-4-2-18(3-5-19)29-12-16-1-6-20-17(11-16)13-32(24(20)35)21-7-8-22(33)30-23(21)34/h1-6,11,21,28-29H,7-10,12-15H2,(H,30,33,34). The maximum Gasteiger partial charge on any atom is 0.277 e. The highest BCUT2D eigenvalue weighted by Crippen LogP contribution is 2.29. The number of hydrogen-bond acceptors (Lipinski definition) is 6. The van der Waals surface area contributed by atoms with Gasteiger partial charge in [-0.15, -0.1) is 0 Å². The minimum absolute atomic E-state index is 0.195. The summed E-state index contributed by atoms with van der Waals surface area (Å²) >= 11 is 0. The number of carbonyl (C=O) groups is 3. The minimum Gasteiger partial charge on any atom is -0.381 e. The van der Waals surface area contributed by atoms with Gasteiger partial charge < -0.3 is 20.4 Å². The number of piperidine rings is 1. The number of nitrogens with zero attached hydrogens (tertiary/aromatic N) is 2. The molecular weight excluding hydrogens is 456 g/mol. The lowest BCUT2D eigenvalue weighted by Gasteiger charge is -2.29. The normalized spacial score (nSPS) is 22.0. The summed E-state index contributed by atoms with van der Waals surface area (Å²) in [6.45, 7) is 1.27. The van der Waals surface area contributed by atoms with Crippen LogP contribution in [0.2, 0.25) is 0 Å². The van der Waals surface area contributed by atoms with Crippen molar-refractivity contribution in [3.8, 4) is 0 Å². The van der Waals surface area contributed by atoms with E-state index in [0.29, 0.717) is 38.2 Å². The number of hydrogen-bond donors (Lipinski definition) is 3. The average Bonchev–Trinajstić information content (AvgIpc) is 3.03. The first-order valence-corrected chi connectivity index (χ1v) is 11.7. The molecule has 0 saturated carbocycles. The molecule has 0 aliphatic carbocycles. The van der Waals surface area contributed by atoms with Gasteiger partial charge in [0.1, 0.15) is 6.04 Å². The van der Waals surface area contributed by atoms with E-state index >= 15 is 0 Å². The molecule has 2 aromatic rings. The van der Waals surface area contributed by atoms with Crippen LogP contribution in [0.3, 0.4) is 0 Å². The molecule has 1 unspecified atom stereocenters. The van der Waals surface area contributed by atoms with Crippen molar-refractivity contribution in [3.05, 3.63) is 59.2 Å². The Balaban J connectivity index is 1.21. The number of fused-ring (bicyclic) bond motifs is 1. The van der Waals surface area contributed by atoms with Crippen LogP contribution < -0.4 is 20.9 Å². The van der Waals surface area contributed by atoms with Crippen LogP contribution in [-0.4, -0.2) is 60.8 Å². The molecule has 1 atom stereocenters. The van der Waals surface area contributed by atoms with Gasteiger partial charge in [0.05, 0.1) is 13.1 Å². The predicted molar refractivity (Wildman–Crippen MR) is 126 cm³/mol. The lowest BCUT2D eigenvalue weighted by Crippen LogP contribution is -2.52.